The molecule has 0 atom stereocenters. The smallest absolute Gasteiger partial charge is 0.335 e. The molecular formula is C21H25NO5. The number of rotatable bonds is 9. The Bertz CT molecular complexity index is 801. The Morgan fingerprint density at radius 2 is 1.93 bits per heavy atom. The van der Waals surface area contributed by atoms with Gasteiger partial charge in [0.1, 0.15) is 11.5 Å². The first-order chi connectivity index (χ1) is 12.9. The third kappa shape index (κ3) is 6.33. The fourth-order valence-corrected chi connectivity index (χ4v) is 2.67. The van der Waals surface area contributed by atoms with Crippen LogP contribution < -0.4 is 14.8 Å². The molecule has 0 spiro atoms. The number of carboxylic acids is 1. The van der Waals surface area contributed by atoms with Crippen LogP contribution >= 0.6 is 0 Å². The van der Waals surface area contributed by atoms with E-state index in [4.69, 9.17) is 14.6 Å². The molecule has 0 bridgehead atoms. The van der Waals surface area contributed by atoms with E-state index in [9.17, 15) is 9.59 Å². The standard InChI is InChI=1S/C21H25NO5/c1-14(2)27-18-6-4-5-15(11-18)12-20(23)22-10-9-16-7-8-17(21(24)25)13-19(16)26-3/h4-8,11,13-14H,9-10,12H2,1-3H3,(H,22,23)(H,24,25). The van der Waals surface area contributed by atoms with Gasteiger partial charge in [-0.3, -0.25) is 4.79 Å². The number of hydrogen-bond donors (Lipinski definition) is 2. The van der Waals surface area contributed by atoms with E-state index in [2.05, 4.69) is 5.32 Å². The van der Waals surface area contributed by atoms with E-state index < -0.39 is 5.97 Å². The highest BCUT2D eigenvalue weighted by molar-refractivity contribution is 5.88. The van der Waals surface area contributed by atoms with Crippen molar-refractivity contribution in [2.24, 2.45) is 0 Å². The fraction of sp³-hybridized carbons (Fsp3) is 0.333. The fourth-order valence-electron chi connectivity index (χ4n) is 2.67. The number of nitrogens with one attached hydrogen (secondary N) is 1. The third-order valence-corrected chi connectivity index (χ3v) is 3.89. The van der Waals surface area contributed by atoms with Crippen LogP contribution in [0.15, 0.2) is 42.5 Å². The van der Waals surface area contributed by atoms with Crippen molar-refractivity contribution in [2.75, 3.05) is 13.7 Å². The molecule has 2 aromatic rings. The molecule has 0 aliphatic heterocycles. The van der Waals surface area contributed by atoms with Crippen LogP contribution in [0.25, 0.3) is 0 Å². The molecule has 0 aliphatic carbocycles. The molecule has 2 aromatic carbocycles. The molecule has 0 heterocycles. The molecule has 2 N–H and O–H groups in total. The van der Waals surface area contributed by atoms with Crippen molar-refractivity contribution >= 4 is 11.9 Å². The average Bonchev–Trinajstić information content (AvgIpc) is 2.61. The van der Waals surface area contributed by atoms with Crippen LogP contribution in [0.5, 0.6) is 11.5 Å². The number of amides is 1. The van der Waals surface area contributed by atoms with Crippen LogP contribution in [0, 0.1) is 0 Å². The lowest BCUT2D eigenvalue weighted by molar-refractivity contribution is -0.120. The van der Waals surface area contributed by atoms with Gasteiger partial charge < -0.3 is 19.9 Å². The number of ether oxygens (including phenoxy) is 2. The lowest BCUT2D eigenvalue weighted by Gasteiger charge is -2.12. The minimum Gasteiger partial charge on any atom is -0.496 e. The number of benzene rings is 2. The Morgan fingerprint density at radius 3 is 2.59 bits per heavy atom. The summed E-state index contributed by atoms with van der Waals surface area (Å²) in [4.78, 5) is 23.2. The van der Waals surface area contributed by atoms with Gasteiger partial charge in [-0.25, -0.2) is 4.79 Å². The quantitative estimate of drug-likeness (QED) is 0.708. The zero-order valence-electron chi connectivity index (χ0n) is 15.8. The van der Waals surface area contributed by atoms with E-state index in [1.807, 2.05) is 38.1 Å². The normalized spacial score (nSPS) is 10.5. The molecule has 0 saturated heterocycles. The van der Waals surface area contributed by atoms with Crippen LogP contribution in [-0.2, 0) is 17.6 Å². The predicted molar refractivity (Wildman–Crippen MR) is 103 cm³/mol. The second-order valence-electron chi connectivity index (χ2n) is 6.42. The molecule has 0 radical (unpaired) electrons. The van der Waals surface area contributed by atoms with Crippen molar-refractivity contribution in [3.8, 4) is 11.5 Å². The summed E-state index contributed by atoms with van der Waals surface area (Å²) in [6.45, 7) is 4.34. The summed E-state index contributed by atoms with van der Waals surface area (Å²) in [7, 11) is 1.50. The summed E-state index contributed by atoms with van der Waals surface area (Å²) >= 11 is 0. The summed E-state index contributed by atoms with van der Waals surface area (Å²) in [6.07, 6.45) is 0.895. The maximum atomic E-state index is 12.2. The van der Waals surface area contributed by atoms with Gasteiger partial charge in [-0.05, 0) is 55.7 Å². The summed E-state index contributed by atoms with van der Waals surface area (Å²) < 4.78 is 10.9. The lowest BCUT2D eigenvalue weighted by Crippen LogP contribution is -2.27. The van der Waals surface area contributed by atoms with Gasteiger partial charge in [0, 0.05) is 6.54 Å². The van der Waals surface area contributed by atoms with E-state index >= 15 is 0 Å². The molecule has 0 aliphatic rings. The van der Waals surface area contributed by atoms with E-state index in [-0.39, 0.29) is 24.0 Å². The van der Waals surface area contributed by atoms with E-state index in [1.54, 1.807) is 6.07 Å². The first-order valence-corrected chi connectivity index (χ1v) is 8.81. The summed E-state index contributed by atoms with van der Waals surface area (Å²) in [5.41, 5.74) is 1.90. The molecule has 0 fully saturated rings. The largest absolute Gasteiger partial charge is 0.496 e. The Morgan fingerprint density at radius 1 is 1.15 bits per heavy atom. The summed E-state index contributed by atoms with van der Waals surface area (Å²) in [5.74, 6) is 0.163. The van der Waals surface area contributed by atoms with Crippen molar-refractivity contribution in [1.29, 1.82) is 0 Å². The van der Waals surface area contributed by atoms with Crippen molar-refractivity contribution in [2.45, 2.75) is 32.8 Å². The Labute approximate surface area is 159 Å². The molecule has 6 heteroatoms. The molecule has 0 unspecified atom stereocenters. The molecular weight excluding hydrogens is 346 g/mol. The predicted octanol–water partition coefficient (Wildman–Crippen LogP) is 3.08. The van der Waals surface area contributed by atoms with Crippen molar-refractivity contribution in [3.05, 3.63) is 59.2 Å². The summed E-state index contributed by atoms with van der Waals surface area (Å²) in [6, 6.07) is 12.2. The van der Waals surface area contributed by atoms with Crippen molar-refractivity contribution in [1.82, 2.24) is 5.32 Å². The van der Waals surface area contributed by atoms with Gasteiger partial charge in [0.25, 0.3) is 0 Å². The number of carbonyl (C=O) groups is 2. The van der Waals surface area contributed by atoms with Gasteiger partial charge in [0.05, 0.1) is 25.2 Å². The maximum Gasteiger partial charge on any atom is 0.335 e. The zero-order valence-corrected chi connectivity index (χ0v) is 15.8. The van der Waals surface area contributed by atoms with Gasteiger partial charge in [0.15, 0.2) is 0 Å². The van der Waals surface area contributed by atoms with Crippen LogP contribution in [0.2, 0.25) is 0 Å². The SMILES string of the molecule is COc1cc(C(=O)O)ccc1CCNC(=O)Cc1cccc(OC(C)C)c1. The van der Waals surface area contributed by atoms with Gasteiger partial charge in [-0.15, -0.1) is 0 Å². The minimum absolute atomic E-state index is 0.0802. The average molecular weight is 371 g/mol. The van der Waals surface area contributed by atoms with Crippen LogP contribution in [-0.4, -0.2) is 36.7 Å². The lowest BCUT2D eigenvalue weighted by atomic mass is 10.1. The first kappa shape index (κ1) is 20.3. The zero-order chi connectivity index (χ0) is 19.8. The van der Waals surface area contributed by atoms with Crippen molar-refractivity contribution in [3.63, 3.8) is 0 Å². The minimum atomic E-state index is -1.00. The van der Waals surface area contributed by atoms with Crippen LogP contribution in [0.4, 0.5) is 0 Å². The second-order valence-corrected chi connectivity index (χ2v) is 6.42. The van der Waals surface area contributed by atoms with Gasteiger partial charge in [0.2, 0.25) is 5.91 Å². The number of carbonyl (C=O) groups excluding carboxylic acids is 1. The topological polar surface area (TPSA) is 84.9 Å². The van der Waals surface area contributed by atoms with E-state index in [1.165, 1.54) is 19.2 Å². The second kappa shape index (κ2) is 9.62. The highest BCUT2D eigenvalue weighted by Crippen LogP contribution is 2.21. The third-order valence-electron chi connectivity index (χ3n) is 3.89. The molecule has 0 saturated carbocycles. The molecule has 6 nitrogen and oxygen atoms in total. The van der Waals surface area contributed by atoms with Crippen LogP contribution in [0.3, 0.4) is 0 Å². The maximum absolute atomic E-state index is 12.2. The summed E-state index contributed by atoms with van der Waals surface area (Å²) in [5, 5.41) is 11.9. The van der Waals surface area contributed by atoms with Gasteiger partial charge >= 0.3 is 5.97 Å². The van der Waals surface area contributed by atoms with Crippen molar-refractivity contribution < 1.29 is 24.2 Å². The van der Waals surface area contributed by atoms with E-state index in [0.29, 0.717) is 18.7 Å². The van der Waals surface area contributed by atoms with Gasteiger partial charge in [-0.1, -0.05) is 18.2 Å². The molecule has 27 heavy (non-hydrogen) atoms. The Hall–Kier alpha value is -3.02. The molecule has 1 amide bonds. The highest BCUT2D eigenvalue weighted by Gasteiger charge is 2.10. The number of hydrogen-bond acceptors (Lipinski definition) is 4. The Kier molecular flexibility index (Phi) is 7.23. The number of aromatic carboxylic acids is 1. The van der Waals surface area contributed by atoms with E-state index in [0.717, 1.165) is 16.9 Å². The molecule has 0 aromatic heterocycles. The van der Waals surface area contributed by atoms with Gasteiger partial charge in [-0.2, -0.15) is 0 Å². The number of carboxylic acid groups (broad SMARTS) is 1. The molecule has 144 valence electrons. The Balaban J connectivity index is 1.88. The highest BCUT2D eigenvalue weighted by atomic mass is 16.5. The number of methoxy groups -OCH3 is 1. The monoisotopic (exact) mass is 371 g/mol. The van der Waals surface area contributed by atoms with Crippen LogP contribution in [0.1, 0.15) is 35.3 Å². The molecule has 2 rings (SSSR count). The first-order valence-electron chi connectivity index (χ1n) is 8.81.